The second kappa shape index (κ2) is 6.88. The minimum Gasteiger partial charge on any atom is -0.337 e. The molecule has 0 aliphatic carbocycles. The number of halogens is 2. The third-order valence-electron chi connectivity index (χ3n) is 4.24. The van der Waals surface area contributed by atoms with Gasteiger partial charge < -0.3 is 4.90 Å². The van der Waals surface area contributed by atoms with Gasteiger partial charge in [0.1, 0.15) is 5.82 Å². The number of nitrogens with zero attached hydrogens (tertiary/aromatic N) is 2. The van der Waals surface area contributed by atoms with Gasteiger partial charge in [-0.3, -0.25) is 9.69 Å². The minimum atomic E-state index is -0.253. The molecule has 0 aromatic heterocycles. The number of benzene rings is 1. The molecule has 1 aromatic carbocycles. The molecule has 0 unspecified atom stereocenters. The number of amides is 1. The van der Waals surface area contributed by atoms with Crippen LogP contribution in [0.3, 0.4) is 0 Å². The Balaban J connectivity index is 1.95. The van der Waals surface area contributed by atoms with Crippen molar-refractivity contribution < 1.29 is 9.18 Å². The molecule has 116 valence electrons. The van der Waals surface area contributed by atoms with Crippen LogP contribution in [-0.2, 0) is 11.2 Å². The lowest BCUT2D eigenvalue weighted by Crippen LogP contribution is -2.56. The molecule has 0 radical (unpaired) electrons. The van der Waals surface area contributed by atoms with Crippen molar-refractivity contribution in [3.8, 4) is 0 Å². The summed E-state index contributed by atoms with van der Waals surface area (Å²) in [7, 11) is 2.08. The standard InChI is InChI=1S/C16H22BrFN2O/c1-11-10-20(12(2)9-19(11)3)16(21)7-5-13-4-6-14(17)8-15(13)18/h4,6,8,11-12H,5,7,9-10H2,1-3H3/t11-,12+/m1/s1. The van der Waals surface area contributed by atoms with Crippen molar-refractivity contribution in [2.45, 2.75) is 38.8 Å². The molecule has 1 heterocycles. The van der Waals surface area contributed by atoms with Crippen molar-refractivity contribution in [3.05, 3.63) is 34.1 Å². The number of rotatable bonds is 3. The van der Waals surface area contributed by atoms with E-state index in [1.807, 2.05) is 11.0 Å². The van der Waals surface area contributed by atoms with E-state index in [1.165, 1.54) is 6.07 Å². The molecule has 0 bridgehead atoms. The molecule has 2 atom stereocenters. The van der Waals surface area contributed by atoms with Gasteiger partial charge in [-0.05, 0) is 45.0 Å². The highest BCUT2D eigenvalue weighted by Crippen LogP contribution is 2.19. The van der Waals surface area contributed by atoms with Gasteiger partial charge in [0.2, 0.25) is 5.91 Å². The van der Waals surface area contributed by atoms with Gasteiger partial charge >= 0.3 is 0 Å². The Hall–Kier alpha value is -0.940. The van der Waals surface area contributed by atoms with Crippen LogP contribution in [0.15, 0.2) is 22.7 Å². The Labute approximate surface area is 134 Å². The number of carbonyl (C=O) groups excluding carboxylic acids is 1. The van der Waals surface area contributed by atoms with Crippen LogP contribution in [0.25, 0.3) is 0 Å². The Morgan fingerprint density at radius 1 is 1.33 bits per heavy atom. The zero-order valence-electron chi connectivity index (χ0n) is 12.8. The summed E-state index contributed by atoms with van der Waals surface area (Å²) in [5, 5.41) is 0. The van der Waals surface area contributed by atoms with Crippen molar-refractivity contribution in [1.29, 1.82) is 0 Å². The number of hydrogen-bond acceptors (Lipinski definition) is 2. The largest absolute Gasteiger partial charge is 0.337 e. The zero-order valence-corrected chi connectivity index (χ0v) is 14.4. The van der Waals surface area contributed by atoms with E-state index in [-0.39, 0.29) is 17.8 Å². The van der Waals surface area contributed by atoms with Gasteiger partial charge in [0, 0.05) is 36.1 Å². The molecular weight excluding hydrogens is 335 g/mol. The normalized spacial score (nSPS) is 23.4. The number of carbonyl (C=O) groups is 1. The highest BCUT2D eigenvalue weighted by Gasteiger charge is 2.29. The molecule has 1 fully saturated rings. The second-order valence-corrected chi connectivity index (χ2v) is 6.84. The maximum absolute atomic E-state index is 13.8. The molecular formula is C16H22BrFN2O. The molecule has 1 aliphatic rings. The first-order valence-electron chi connectivity index (χ1n) is 7.32. The maximum Gasteiger partial charge on any atom is 0.223 e. The average molecular weight is 357 g/mol. The summed E-state index contributed by atoms with van der Waals surface area (Å²) in [6.45, 7) is 5.83. The van der Waals surface area contributed by atoms with Gasteiger partial charge in [-0.25, -0.2) is 4.39 Å². The average Bonchev–Trinajstić information content (AvgIpc) is 2.41. The lowest BCUT2D eigenvalue weighted by molar-refractivity contribution is -0.136. The van der Waals surface area contributed by atoms with E-state index in [2.05, 4.69) is 41.7 Å². The van der Waals surface area contributed by atoms with Crippen LogP contribution in [0.5, 0.6) is 0 Å². The van der Waals surface area contributed by atoms with Crippen LogP contribution in [0.2, 0.25) is 0 Å². The van der Waals surface area contributed by atoms with E-state index < -0.39 is 0 Å². The summed E-state index contributed by atoms with van der Waals surface area (Å²) in [5.41, 5.74) is 0.598. The number of aryl methyl sites for hydroxylation is 1. The van der Waals surface area contributed by atoms with E-state index in [9.17, 15) is 9.18 Å². The molecule has 0 spiro atoms. The Kier molecular flexibility index (Phi) is 5.38. The number of likely N-dealkylation sites (N-methyl/N-ethyl adjacent to an activating group) is 1. The fraction of sp³-hybridized carbons (Fsp3) is 0.562. The highest BCUT2D eigenvalue weighted by atomic mass is 79.9. The summed E-state index contributed by atoms with van der Waals surface area (Å²) in [5.74, 6) is -0.137. The van der Waals surface area contributed by atoms with E-state index in [0.717, 1.165) is 17.6 Å². The molecule has 1 aliphatic heterocycles. The topological polar surface area (TPSA) is 23.6 Å². The molecule has 0 N–H and O–H groups in total. The van der Waals surface area contributed by atoms with Gasteiger partial charge in [-0.1, -0.05) is 22.0 Å². The highest BCUT2D eigenvalue weighted by molar-refractivity contribution is 9.10. The lowest BCUT2D eigenvalue weighted by Gasteiger charge is -2.42. The third-order valence-corrected chi connectivity index (χ3v) is 4.73. The first kappa shape index (κ1) is 16.4. The minimum absolute atomic E-state index is 0.116. The summed E-state index contributed by atoms with van der Waals surface area (Å²) in [4.78, 5) is 16.6. The summed E-state index contributed by atoms with van der Waals surface area (Å²) in [6, 6.07) is 5.58. The van der Waals surface area contributed by atoms with Gasteiger partial charge in [0.25, 0.3) is 0 Å². The van der Waals surface area contributed by atoms with Crippen LogP contribution in [0.4, 0.5) is 4.39 Å². The van der Waals surface area contributed by atoms with E-state index in [1.54, 1.807) is 6.07 Å². The molecule has 3 nitrogen and oxygen atoms in total. The predicted molar refractivity (Wildman–Crippen MR) is 85.7 cm³/mol. The van der Waals surface area contributed by atoms with E-state index >= 15 is 0 Å². The maximum atomic E-state index is 13.8. The molecule has 5 heteroatoms. The molecule has 1 saturated heterocycles. The molecule has 0 saturated carbocycles. The number of hydrogen-bond donors (Lipinski definition) is 0. The van der Waals surface area contributed by atoms with Crippen LogP contribution in [0, 0.1) is 5.82 Å². The Morgan fingerprint density at radius 2 is 2.05 bits per heavy atom. The Morgan fingerprint density at radius 3 is 2.71 bits per heavy atom. The van der Waals surface area contributed by atoms with Crippen molar-refractivity contribution in [2.24, 2.45) is 0 Å². The van der Waals surface area contributed by atoms with E-state index in [4.69, 9.17) is 0 Å². The van der Waals surface area contributed by atoms with Crippen molar-refractivity contribution in [1.82, 2.24) is 9.80 Å². The lowest BCUT2D eigenvalue weighted by atomic mass is 10.1. The van der Waals surface area contributed by atoms with Crippen LogP contribution < -0.4 is 0 Å². The zero-order chi connectivity index (χ0) is 15.6. The van der Waals surface area contributed by atoms with Crippen LogP contribution in [0.1, 0.15) is 25.8 Å². The van der Waals surface area contributed by atoms with Crippen LogP contribution in [-0.4, -0.2) is 47.9 Å². The summed E-state index contributed by atoms with van der Waals surface area (Å²) < 4.78 is 14.5. The first-order valence-corrected chi connectivity index (χ1v) is 8.11. The fourth-order valence-corrected chi connectivity index (χ4v) is 3.09. The van der Waals surface area contributed by atoms with Crippen molar-refractivity contribution in [2.75, 3.05) is 20.1 Å². The first-order chi connectivity index (χ1) is 9.88. The second-order valence-electron chi connectivity index (χ2n) is 5.92. The third kappa shape index (κ3) is 4.04. The molecule has 2 rings (SSSR count). The van der Waals surface area contributed by atoms with Gasteiger partial charge in [0.05, 0.1) is 0 Å². The quantitative estimate of drug-likeness (QED) is 0.830. The fourth-order valence-electron chi connectivity index (χ4n) is 2.76. The summed E-state index contributed by atoms with van der Waals surface area (Å²) >= 11 is 3.24. The summed E-state index contributed by atoms with van der Waals surface area (Å²) in [6.07, 6.45) is 0.810. The van der Waals surface area contributed by atoms with Gasteiger partial charge in [-0.2, -0.15) is 0 Å². The molecule has 1 amide bonds. The molecule has 21 heavy (non-hydrogen) atoms. The van der Waals surface area contributed by atoms with Crippen molar-refractivity contribution >= 4 is 21.8 Å². The Bertz CT molecular complexity index is 523. The van der Waals surface area contributed by atoms with Crippen LogP contribution >= 0.6 is 15.9 Å². The van der Waals surface area contributed by atoms with E-state index in [0.29, 0.717) is 24.4 Å². The van der Waals surface area contributed by atoms with Gasteiger partial charge in [-0.15, -0.1) is 0 Å². The van der Waals surface area contributed by atoms with Gasteiger partial charge in [0.15, 0.2) is 0 Å². The number of piperazine rings is 1. The SMILES string of the molecule is C[C@@H]1CN(C(=O)CCc2ccc(Br)cc2F)[C@@H](C)CN1C. The predicted octanol–water partition coefficient (Wildman–Crippen LogP) is 3.07. The smallest absolute Gasteiger partial charge is 0.223 e. The monoisotopic (exact) mass is 356 g/mol. The molecule has 1 aromatic rings. The van der Waals surface area contributed by atoms with Crippen molar-refractivity contribution in [3.63, 3.8) is 0 Å².